The van der Waals surface area contributed by atoms with Gasteiger partial charge in [-0.3, -0.25) is 4.79 Å². The predicted octanol–water partition coefficient (Wildman–Crippen LogP) is 2.70. The molecule has 2 rings (SSSR count). The lowest BCUT2D eigenvalue weighted by molar-refractivity contribution is -0.141. The molecule has 0 saturated heterocycles. The number of pyridine rings is 2. The molecule has 96 valence electrons. The molecule has 0 aliphatic carbocycles. The van der Waals surface area contributed by atoms with E-state index in [1.54, 1.807) is 0 Å². The lowest BCUT2D eigenvalue weighted by atomic mass is 10.1. The van der Waals surface area contributed by atoms with Crippen LogP contribution in [0, 0.1) is 19.7 Å². The summed E-state index contributed by atoms with van der Waals surface area (Å²) in [5.74, 6) is -1.02. The molecule has 2 aromatic rings. The van der Waals surface area contributed by atoms with E-state index in [1.165, 1.54) is 13.0 Å². The van der Waals surface area contributed by atoms with E-state index in [9.17, 15) is 22.4 Å². The van der Waals surface area contributed by atoms with Crippen LogP contribution in [0.4, 0.5) is 17.6 Å². The number of alkyl halides is 3. The Morgan fingerprint density at radius 3 is 2.44 bits per heavy atom. The maximum atomic E-state index is 13.8. The Kier molecular flexibility index (Phi) is 2.64. The maximum absolute atomic E-state index is 13.8. The number of hydrogen-bond donors (Lipinski definition) is 1. The normalized spacial score (nSPS) is 12.1. The second kappa shape index (κ2) is 3.79. The first kappa shape index (κ1) is 12.5. The summed E-state index contributed by atoms with van der Waals surface area (Å²) >= 11 is 0. The molecule has 0 fully saturated rings. The van der Waals surface area contributed by atoms with Gasteiger partial charge in [-0.1, -0.05) is 0 Å². The van der Waals surface area contributed by atoms with Gasteiger partial charge in [0.25, 0.3) is 5.56 Å². The molecule has 0 aromatic carbocycles. The maximum Gasteiger partial charge on any atom is 0.433 e. The van der Waals surface area contributed by atoms with Crippen molar-refractivity contribution in [1.29, 1.82) is 0 Å². The molecule has 18 heavy (non-hydrogen) atoms. The number of nitrogens with one attached hydrogen (secondary N) is 1. The molecule has 0 aliphatic rings. The Morgan fingerprint density at radius 1 is 1.28 bits per heavy atom. The Hall–Kier alpha value is -1.92. The summed E-state index contributed by atoms with van der Waals surface area (Å²) in [6, 6.07) is 1.18. The van der Waals surface area contributed by atoms with Crippen molar-refractivity contribution >= 4 is 11.0 Å². The molecule has 0 bridgehead atoms. The number of H-pyrrole nitrogens is 1. The summed E-state index contributed by atoms with van der Waals surface area (Å²) in [5.41, 5.74) is -2.69. The molecule has 3 nitrogen and oxygen atoms in total. The number of hydrogen-bond acceptors (Lipinski definition) is 2. The number of aromatic amines is 1. The molecule has 0 atom stereocenters. The van der Waals surface area contributed by atoms with E-state index >= 15 is 0 Å². The number of rotatable bonds is 0. The molecule has 7 heteroatoms. The minimum Gasteiger partial charge on any atom is -0.306 e. The highest BCUT2D eigenvalue weighted by Crippen LogP contribution is 2.33. The van der Waals surface area contributed by atoms with Crippen LogP contribution in [0.5, 0.6) is 0 Å². The highest BCUT2D eigenvalue weighted by atomic mass is 19.4. The number of aromatic nitrogens is 2. The van der Waals surface area contributed by atoms with Crippen molar-refractivity contribution in [3.8, 4) is 0 Å². The summed E-state index contributed by atoms with van der Waals surface area (Å²) in [6.45, 7) is 2.44. The monoisotopic (exact) mass is 260 g/mol. The number of nitrogens with zero attached hydrogens (tertiary/aromatic N) is 1. The van der Waals surface area contributed by atoms with E-state index in [4.69, 9.17) is 0 Å². The van der Waals surface area contributed by atoms with E-state index < -0.39 is 34.5 Å². The first-order valence-electron chi connectivity index (χ1n) is 4.98. The third-order valence-corrected chi connectivity index (χ3v) is 2.62. The zero-order valence-corrected chi connectivity index (χ0v) is 9.44. The van der Waals surface area contributed by atoms with Gasteiger partial charge in [-0.25, -0.2) is 9.37 Å². The number of fused-ring (bicyclic) bond motifs is 1. The Morgan fingerprint density at radius 2 is 1.89 bits per heavy atom. The molecule has 0 spiro atoms. The van der Waals surface area contributed by atoms with Gasteiger partial charge in [0.2, 0.25) is 0 Å². The fourth-order valence-electron chi connectivity index (χ4n) is 1.66. The quantitative estimate of drug-likeness (QED) is 0.740. The average molecular weight is 260 g/mol. The van der Waals surface area contributed by atoms with E-state index in [-0.39, 0.29) is 10.9 Å². The molecular weight excluding hydrogens is 252 g/mol. The first-order chi connectivity index (χ1) is 8.21. The standard InChI is InChI=1S/C11H8F4N2O/c1-4-3-6-7(12)5(2)8(11(13,14)15)16-9(6)17-10(4)18/h3H,1-2H3,(H,16,17,18). The van der Waals surface area contributed by atoms with E-state index in [2.05, 4.69) is 9.97 Å². The first-order valence-corrected chi connectivity index (χ1v) is 4.98. The molecular formula is C11H8F4N2O. The van der Waals surface area contributed by atoms with Crippen LogP contribution in [0.1, 0.15) is 16.8 Å². The van der Waals surface area contributed by atoms with Crippen molar-refractivity contribution in [3.63, 3.8) is 0 Å². The predicted molar refractivity (Wildman–Crippen MR) is 56.8 cm³/mol. The third-order valence-electron chi connectivity index (χ3n) is 2.62. The van der Waals surface area contributed by atoms with Gasteiger partial charge in [0.1, 0.15) is 11.5 Å². The van der Waals surface area contributed by atoms with Gasteiger partial charge in [0, 0.05) is 11.1 Å². The Balaban J connectivity index is 2.93. The van der Waals surface area contributed by atoms with Crippen LogP contribution in [0.2, 0.25) is 0 Å². The summed E-state index contributed by atoms with van der Waals surface area (Å²) in [5, 5.41) is -0.127. The topological polar surface area (TPSA) is 45.8 Å². The van der Waals surface area contributed by atoms with Crippen molar-refractivity contribution < 1.29 is 17.6 Å². The summed E-state index contributed by atoms with van der Waals surface area (Å²) in [7, 11) is 0. The zero-order valence-electron chi connectivity index (χ0n) is 9.44. The van der Waals surface area contributed by atoms with Crippen LogP contribution in [0.25, 0.3) is 11.0 Å². The third kappa shape index (κ3) is 1.85. The van der Waals surface area contributed by atoms with Crippen LogP contribution in [-0.2, 0) is 6.18 Å². The highest BCUT2D eigenvalue weighted by Gasteiger charge is 2.36. The zero-order chi connectivity index (χ0) is 13.7. The summed E-state index contributed by atoms with van der Waals surface area (Å²) in [4.78, 5) is 16.7. The smallest absolute Gasteiger partial charge is 0.306 e. The molecule has 2 heterocycles. The summed E-state index contributed by atoms with van der Waals surface area (Å²) < 4.78 is 51.7. The van der Waals surface area contributed by atoms with Crippen LogP contribution >= 0.6 is 0 Å². The van der Waals surface area contributed by atoms with E-state index in [0.717, 1.165) is 6.92 Å². The minimum atomic E-state index is -4.76. The summed E-state index contributed by atoms with van der Waals surface area (Å²) in [6.07, 6.45) is -4.76. The Labute approximate surface area is 98.5 Å². The molecule has 0 saturated carbocycles. The van der Waals surface area contributed by atoms with Crippen LogP contribution in [0.3, 0.4) is 0 Å². The molecule has 0 unspecified atom stereocenters. The van der Waals surface area contributed by atoms with Gasteiger partial charge in [-0.15, -0.1) is 0 Å². The highest BCUT2D eigenvalue weighted by molar-refractivity contribution is 5.77. The molecule has 0 amide bonds. The molecule has 0 aliphatic heterocycles. The van der Waals surface area contributed by atoms with E-state index in [0.29, 0.717) is 0 Å². The van der Waals surface area contributed by atoms with Gasteiger partial charge in [-0.05, 0) is 19.9 Å². The van der Waals surface area contributed by atoms with Gasteiger partial charge in [0.15, 0.2) is 5.69 Å². The van der Waals surface area contributed by atoms with Gasteiger partial charge >= 0.3 is 6.18 Å². The van der Waals surface area contributed by atoms with Crippen molar-refractivity contribution in [2.45, 2.75) is 20.0 Å². The number of aryl methyl sites for hydroxylation is 1. The van der Waals surface area contributed by atoms with Gasteiger partial charge in [-0.2, -0.15) is 13.2 Å². The molecule has 2 aromatic heterocycles. The van der Waals surface area contributed by atoms with Crippen LogP contribution in [-0.4, -0.2) is 9.97 Å². The van der Waals surface area contributed by atoms with Crippen LogP contribution in [0.15, 0.2) is 10.9 Å². The van der Waals surface area contributed by atoms with Crippen molar-refractivity contribution in [2.24, 2.45) is 0 Å². The number of halogens is 4. The van der Waals surface area contributed by atoms with Gasteiger partial charge < -0.3 is 4.98 Å². The van der Waals surface area contributed by atoms with Crippen LogP contribution < -0.4 is 5.56 Å². The second-order valence-electron chi connectivity index (χ2n) is 3.94. The SMILES string of the molecule is Cc1c(C(F)(F)F)nc2[nH]c(=O)c(C)cc2c1F. The lowest BCUT2D eigenvalue weighted by Crippen LogP contribution is -2.16. The van der Waals surface area contributed by atoms with Gasteiger partial charge in [0.05, 0.1) is 5.39 Å². The van der Waals surface area contributed by atoms with Crippen molar-refractivity contribution in [2.75, 3.05) is 0 Å². The molecule has 0 radical (unpaired) electrons. The second-order valence-corrected chi connectivity index (χ2v) is 3.94. The fraction of sp³-hybridized carbons (Fsp3) is 0.273. The van der Waals surface area contributed by atoms with Crippen molar-refractivity contribution in [1.82, 2.24) is 9.97 Å². The largest absolute Gasteiger partial charge is 0.433 e. The minimum absolute atomic E-state index is 0.127. The molecule has 1 N–H and O–H groups in total. The fourth-order valence-corrected chi connectivity index (χ4v) is 1.66. The lowest BCUT2D eigenvalue weighted by Gasteiger charge is -2.11. The van der Waals surface area contributed by atoms with Crippen molar-refractivity contribution in [3.05, 3.63) is 39.1 Å². The average Bonchev–Trinajstić information content (AvgIpc) is 2.25. The van der Waals surface area contributed by atoms with E-state index in [1.807, 2.05) is 0 Å². The Bertz CT molecular complexity index is 688.